The van der Waals surface area contributed by atoms with Crippen LogP contribution >= 0.6 is 0 Å². The van der Waals surface area contributed by atoms with E-state index >= 15 is 0 Å². The van der Waals surface area contributed by atoms with Crippen LogP contribution in [0.1, 0.15) is 17.0 Å². The zero-order valence-electron chi connectivity index (χ0n) is 13.5. The lowest BCUT2D eigenvalue weighted by molar-refractivity contribution is -0.136. The zero-order valence-corrected chi connectivity index (χ0v) is 13.5. The van der Waals surface area contributed by atoms with Crippen LogP contribution in [0.25, 0.3) is 0 Å². The first kappa shape index (κ1) is 16.1. The van der Waals surface area contributed by atoms with Crippen LogP contribution in [0.4, 0.5) is 10.2 Å². The Bertz CT molecular complexity index is 1080. The van der Waals surface area contributed by atoms with Crippen molar-refractivity contribution in [3.05, 3.63) is 86.0 Å². The van der Waals surface area contributed by atoms with E-state index in [4.69, 9.17) is 4.74 Å². The molecule has 2 aliphatic rings. The van der Waals surface area contributed by atoms with Crippen LogP contribution < -0.4 is 16.6 Å². The Kier molecular flexibility index (Phi) is 3.61. The third kappa shape index (κ3) is 2.30. The van der Waals surface area contributed by atoms with E-state index < -0.39 is 29.0 Å². The molecule has 1 unspecified atom stereocenters. The number of hydrogen-bond acceptors (Lipinski definition) is 5. The average molecular weight is 355 g/mol. The van der Waals surface area contributed by atoms with Crippen LogP contribution in [0, 0.1) is 5.82 Å². The number of hydrogen-bond donors (Lipinski definition) is 2. The number of nitrogens with zero attached hydrogens (tertiary/aromatic N) is 1. The van der Waals surface area contributed by atoms with E-state index in [-0.39, 0.29) is 24.5 Å². The number of aromatic amines is 1. The van der Waals surface area contributed by atoms with Gasteiger partial charge in [-0.3, -0.25) is 14.3 Å². The number of fused-ring (bicyclic) bond motifs is 1. The summed E-state index contributed by atoms with van der Waals surface area (Å²) in [6.07, 6.45) is 1.52. The van der Waals surface area contributed by atoms with E-state index in [2.05, 4.69) is 16.9 Å². The van der Waals surface area contributed by atoms with Crippen molar-refractivity contribution in [3.8, 4) is 0 Å². The van der Waals surface area contributed by atoms with Crippen molar-refractivity contribution in [2.24, 2.45) is 0 Å². The summed E-state index contributed by atoms with van der Waals surface area (Å²) in [6, 6.07) is 5.53. The third-order valence-electron chi connectivity index (χ3n) is 4.49. The van der Waals surface area contributed by atoms with Gasteiger partial charge in [-0.15, -0.1) is 6.58 Å². The van der Waals surface area contributed by atoms with Gasteiger partial charge in [0, 0.05) is 6.54 Å². The van der Waals surface area contributed by atoms with Gasteiger partial charge in [-0.1, -0.05) is 18.2 Å². The quantitative estimate of drug-likeness (QED) is 0.638. The lowest BCUT2D eigenvalue weighted by Crippen LogP contribution is -2.38. The summed E-state index contributed by atoms with van der Waals surface area (Å²) in [5.74, 6) is -1.47. The standard InChI is InChI=1S/C18H14FN3O4/c1-2-7-22-15-14(16(23)21-18(22)25)12(9-3-5-10(19)6-4-9)13-11(20-15)8-26-17(13)24/h2-6,12,20H,1,7-8H2,(H,21,23,25). The Morgan fingerprint density at radius 2 is 2.00 bits per heavy atom. The summed E-state index contributed by atoms with van der Waals surface area (Å²) in [7, 11) is 0. The second-order valence-corrected chi connectivity index (χ2v) is 6.00. The molecule has 0 aliphatic carbocycles. The molecule has 3 heterocycles. The minimum atomic E-state index is -0.766. The molecule has 132 valence electrons. The smallest absolute Gasteiger partial charge is 0.337 e. The largest absolute Gasteiger partial charge is 0.456 e. The lowest BCUT2D eigenvalue weighted by atomic mass is 9.83. The first-order valence-electron chi connectivity index (χ1n) is 7.92. The normalized spacial score (nSPS) is 18.0. The fourth-order valence-corrected chi connectivity index (χ4v) is 3.38. The number of halogens is 1. The van der Waals surface area contributed by atoms with E-state index in [9.17, 15) is 18.8 Å². The van der Waals surface area contributed by atoms with Crippen LogP contribution in [-0.4, -0.2) is 22.1 Å². The summed E-state index contributed by atoms with van der Waals surface area (Å²) < 4.78 is 19.8. The summed E-state index contributed by atoms with van der Waals surface area (Å²) >= 11 is 0. The molecule has 1 aromatic carbocycles. The van der Waals surface area contributed by atoms with Crippen molar-refractivity contribution in [2.75, 3.05) is 11.9 Å². The molecule has 8 heteroatoms. The van der Waals surface area contributed by atoms with E-state index in [1.165, 1.54) is 34.9 Å². The molecular weight excluding hydrogens is 341 g/mol. The maximum Gasteiger partial charge on any atom is 0.337 e. The molecule has 0 saturated heterocycles. The van der Waals surface area contributed by atoms with Crippen molar-refractivity contribution < 1.29 is 13.9 Å². The van der Waals surface area contributed by atoms with E-state index in [0.29, 0.717) is 16.8 Å². The van der Waals surface area contributed by atoms with E-state index in [1.54, 1.807) is 0 Å². The molecule has 0 saturated carbocycles. The van der Waals surface area contributed by atoms with Gasteiger partial charge in [-0.25, -0.2) is 14.0 Å². The zero-order chi connectivity index (χ0) is 18.4. The number of H-pyrrole nitrogens is 1. The molecule has 0 spiro atoms. The molecule has 0 bridgehead atoms. The van der Waals surface area contributed by atoms with Gasteiger partial charge >= 0.3 is 11.7 Å². The average Bonchev–Trinajstić information content (AvgIpc) is 2.98. The van der Waals surface area contributed by atoms with Crippen LogP contribution in [0.3, 0.4) is 0 Å². The first-order chi connectivity index (χ1) is 12.5. The SMILES string of the molecule is C=CCn1c2c(c(=O)[nH]c1=O)C(c1ccc(F)cc1)C1=C(COC1=O)N2. The number of ether oxygens (including phenoxy) is 1. The summed E-state index contributed by atoms with van der Waals surface area (Å²) in [5.41, 5.74) is 0.329. The van der Waals surface area contributed by atoms with Gasteiger partial charge in [0.2, 0.25) is 0 Å². The van der Waals surface area contributed by atoms with Crippen molar-refractivity contribution in [3.63, 3.8) is 0 Å². The fraction of sp³-hybridized carbons (Fsp3) is 0.167. The number of allylic oxidation sites excluding steroid dienone is 1. The minimum Gasteiger partial charge on any atom is -0.456 e. The highest BCUT2D eigenvalue weighted by molar-refractivity contribution is 5.96. The topological polar surface area (TPSA) is 93.2 Å². The summed E-state index contributed by atoms with van der Waals surface area (Å²) in [4.78, 5) is 39.3. The molecule has 7 nitrogen and oxygen atoms in total. The molecular formula is C18H14FN3O4. The number of nitrogens with one attached hydrogen (secondary N) is 2. The number of cyclic esters (lactones) is 1. The van der Waals surface area contributed by atoms with Gasteiger partial charge in [-0.05, 0) is 17.7 Å². The molecule has 4 rings (SSSR count). The highest BCUT2D eigenvalue weighted by Crippen LogP contribution is 2.42. The monoisotopic (exact) mass is 355 g/mol. The van der Waals surface area contributed by atoms with E-state index in [0.717, 1.165) is 0 Å². The van der Waals surface area contributed by atoms with Gasteiger partial charge in [0.25, 0.3) is 5.56 Å². The van der Waals surface area contributed by atoms with Gasteiger partial charge in [0.05, 0.1) is 22.8 Å². The second-order valence-electron chi connectivity index (χ2n) is 6.00. The molecule has 2 aromatic rings. The lowest BCUT2D eigenvalue weighted by Gasteiger charge is -2.27. The maximum absolute atomic E-state index is 13.4. The van der Waals surface area contributed by atoms with Crippen molar-refractivity contribution in [2.45, 2.75) is 12.5 Å². The van der Waals surface area contributed by atoms with Crippen LogP contribution in [-0.2, 0) is 16.1 Å². The van der Waals surface area contributed by atoms with Crippen molar-refractivity contribution >= 4 is 11.8 Å². The number of aromatic nitrogens is 2. The number of carbonyl (C=O) groups excluding carboxylic acids is 1. The van der Waals surface area contributed by atoms with Gasteiger partial charge in [0.15, 0.2) is 0 Å². The number of rotatable bonds is 3. The minimum absolute atomic E-state index is 0.0143. The molecule has 0 radical (unpaired) electrons. The highest BCUT2D eigenvalue weighted by Gasteiger charge is 2.41. The molecule has 1 aromatic heterocycles. The van der Waals surface area contributed by atoms with Crippen molar-refractivity contribution in [1.29, 1.82) is 0 Å². The van der Waals surface area contributed by atoms with Gasteiger partial charge < -0.3 is 10.1 Å². The first-order valence-corrected chi connectivity index (χ1v) is 7.92. The van der Waals surface area contributed by atoms with Gasteiger partial charge in [-0.2, -0.15) is 0 Å². The molecule has 26 heavy (non-hydrogen) atoms. The van der Waals surface area contributed by atoms with Gasteiger partial charge in [0.1, 0.15) is 18.2 Å². The predicted octanol–water partition coefficient (Wildman–Crippen LogP) is 1.23. The summed E-state index contributed by atoms with van der Waals surface area (Å²) in [5, 5.41) is 2.99. The Labute approximate surface area is 146 Å². The Balaban J connectivity index is 2.04. The van der Waals surface area contributed by atoms with Crippen LogP contribution in [0.5, 0.6) is 0 Å². The number of benzene rings is 1. The molecule has 0 amide bonds. The molecule has 2 aliphatic heterocycles. The predicted molar refractivity (Wildman–Crippen MR) is 91.4 cm³/mol. The van der Waals surface area contributed by atoms with Crippen molar-refractivity contribution in [1.82, 2.24) is 9.55 Å². The maximum atomic E-state index is 13.4. The molecule has 2 N–H and O–H groups in total. The van der Waals surface area contributed by atoms with Crippen LogP contribution in [0.15, 0.2) is 57.8 Å². The highest BCUT2D eigenvalue weighted by atomic mass is 19.1. The number of esters is 1. The summed E-state index contributed by atoms with van der Waals surface area (Å²) in [6.45, 7) is 3.80. The van der Waals surface area contributed by atoms with E-state index in [1.807, 2.05) is 0 Å². The number of anilines is 1. The third-order valence-corrected chi connectivity index (χ3v) is 4.49. The fourth-order valence-electron chi connectivity index (χ4n) is 3.38. The Morgan fingerprint density at radius 1 is 1.27 bits per heavy atom. The Morgan fingerprint density at radius 3 is 2.69 bits per heavy atom. The molecule has 1 atom stereocenters. The number of carbonyl (C=O) groups is 1. The second kappa shape index (κ2) is 5.83. The Hall–Kier alpha value is -3.42. The van der Waals surface area contributed by atoms with Crippen LogP contribution in [0.2, 0.25) is 0 Å². The molecule has 0 fully saturated rings.